The molecule has 0 N–H and O–H groups in total. The van der Waals surface area contributed by atoms with Crippen LogP contribution >= 0.6 is 0 Å². The Morgan fingerprint density at radius 2 is 1.78 bits per heavy atom. The molecule has 0 spiro atoms. The SMILES string of the molecule is C=C/C=C\c1c(C)oc2c(C)nc(C)nc12.CC. The molecule has 0 fully saturated rings. The highest BCUT2D eigenvalue weighted by atomic mass is 16.3. The second-order valence-electron chi connectivity index (χ2n) is 3.70. The Kier molecular flexibility index (Phi) is 4.84. The molecule has 2 aromatic rings. The van der Waals surface area contributed by atoms with Crippen LogP contribution in [0.3, 0.4) is 0 Å². The third kappa shape index (κ3) is 2.67. The first-order valence-corrected chi connectivity index (χ1v) is 6.17. The third-order valence-electron chi connectivity index (χ3n) is 2.44. The number of furan rings is 1. The van der Waals surface area contributed by atoms with Gasteiger partial charge in [-0.25, -0.2) is 9.97 Å². The van der Waals surface area contributed by atoms with Gasteiger partial charge in [0.15, 0.2) is 5.58 Å². The summed E-state index contributed by atoms with van der Waals surface area (Å²) in [6.45, 7) is 13.4. The van der Waals surface area contributed by atoms with Crippen LogP contribution in [0.5, 0.6) is 0 Å². The van der Waals surface area contributed by atoms with Crippen molar-refractivity contribution in [2.24, 2.45) is 0 Å². The molecule has 0 radical (unpaired) electrons. The molecule has 0 saturated heterocycles. The number of hydrogen-bond donors (Lipinski definition) is 0. The van der Waals surface area contributed by atoms with Crippen molar-refractivity contribution in [1.29, 1.82) is 0 Å². The van der Waals surface area contributed by atoms with Gasteiger partial charge in [0.2, 0.25) is 0 Å². The molecule has 96 valence electrons. The van der Waals surface area contributed by atoms with Crippen molar-refractivity contribution in [2.75, 3.05) is 0 Å². The highest BCUT2D eigenvalue weighted by molar-refractivity contribution is 5.86. The van der Waals surface area contributed by atoms with Crippen molar-refractivity contribution in [2.45, 2.75) is 34.6 Å². The molecule has 0 aliphatic rings. The number of aryl methyl sites for hydroxylation is 3. The van der Waals surface area contributed by atoms with Gasteiger partial charge in [0.1, 0.15) is 17.1 Å². The molecule has 0 aliphatic heterocycles. The molecule has 3 heteroatoms. The van der Waals surface area contributed by atoms with Crippen molar-refractivity contribution in [1.82, 2.24) is 9.97 Å². The molecular formula is C15H20N2O. The Labute approximate surface area is 108 Å². The second-order valence-corrected chi connectivity index (χ2v) is 3.70. The Balaban J connectivity index is 0.000000771. The van der Waals surface area contributed by atoms with Crippen molar-refractivity contribution in [3.8, 4) is 0 Å². The van der Waals surface area contributed by atoms with E-state index in [0.717, 1.165) is 33.9 Å². The molecule has 2 heterocycles. The highest BCUT2D eigenvalue weighted by Crippen LogP contribution is 2.26. The number of aromatic nitrogens is 2. The lowest BCUT2D eigenvalue weighted by atomic mass is 10.2. The first-order chi connectivity index (χ1) is 8.63. The summed E-state index contributed by atoms with van der Waals surface area (Å²) in [5, 5.41) is 0. The normalized spacial score (nSPS) is 10.5. The first kappa shape index (κ1) is 14.2. The maximum atomic E-state index is 5.67. The van der Waals surface area contributed by atoms with Crippen LogP contribution in [0.15, 0.2) is 23.1 Å². The van der Waals surface area contributed by atoms with E-state index in [1.807, 2.05) is 46.8 Å². The summed E-state index contributed by atoms with van der Waals surface area (Å²) >= 11 is 0. The largest absolute Gasteiger partial charge is 0.457 e. The monoisotopic (exact) mass is 244 g/mol. The van der Waals surface area contributed by atoms with Crippen LogP contribution in [0.25, 0.3) is 17.2 Å². The number of allylic oxidation sites excluding steroid dienone is 2. The van der Waals surface area contributed by atoms with Gasteiger partial charge >= 0.3 is 0 Å². The Hall–Kier alpha value is -1.90. The molecule has 2 aromatic heterocycles. The average Bonchev–Trinajstić information content (AvgIpc) is 2.66. The van der Waals surface area contributed by atoms with E-state index in [1.54, 1.807) is 6.08 Å². The summed E-state index contributed by atoms with van der Waals surface area (Å²) in [6.07, 6.45) is 5.57. The molecule has 2 rings (SSSR count). The van der Waals surface area contributed by atoms with E-state index in [9.17, 15) is 0 Å². The van der Waals surface area contributed by atoms with Crippen LogP contribution in [0.2, 0.25) is 0 Å². The molecule has 0 atom stereocenters. The van der Waals surface area contributed by atoms with Crippen molar-refractivity contribution in [3.63, 3.8) is 0 Å². The van der Waals surface area contributed by atoms with E-state index in [2.05, 4.69) is 16.5 Å². The minimum absolute atomic E-state index is 0.763. The lowest BCUT2D eigenvalue weighted by molar-refractivity contribution is 0.572. The standard InChI is InChI=1S/C13H14N2O.C2H6/c1-5-6-7-11-9(3)16-13-8(2)14-10(4)15-12(11)13;1-2/h5-7H,1H2,2-4H3;1-2H3/b7-6-;. The lowest BCUT2D eigenvalue weighted by Crippen LogP contribution is -1.91. The van der Waals surface area contributed by atoms with Gasteiger partial charge in [-0.1, -0.05) is 32.6 Å². The molecule has 0 bridgehead atoms. The molecular weight excluding hydrogens is 224 g/mol. The fourth-order valence-electron chi connectivity index (χ4n) is 1.74. The highest BCUT2D eigenvalue weighted by Gasteiger charge is 2.13. The van der Waals surface area contributed by atoms with Gasteiger partial charge in [0.05, 0.1) is 5.69 Å². The number of fused-ring (bicyclic) bond motifs is 1. The fraction of sp³-hybridized carbons (Fsp3) is 0.333. The number of rotatable bonds is 2. The number of hydrogen-bond acceptors (Lipinski definition) is 3. The molecule has 3 nitrogen and oxygen atoms in total. The summed E-state index contributed by atoms with van der Waals surface area (Å²) in [5.74, 6) is 1.62. The first-order valence-electron chi connectivity index (χ1n) is 6.17. The van der Waals surface area contributed by atoms with Gasteiger partial charge in [-0.2, -0.15) is 0 Å². The Morgan fingerprint density at radius 1 is 1.11 bits per heavy atom. The summed E-state index contributed by atoms with van der Waals surface area (Å²) in [5.41, 5.74) is 3.53. The van der Waals surface area contributed by atoms with Crippen LogP contribution in [-0.2, 0) is 0 Å². The van der Waals surface area contributed by atoms with E-state index in [1.165, 1.54) is 0 Å². The Bertz CT molecular complexity index is 580. The van der Waals surface area contributed by atoms with E-state index in [0.29, 0.717) is 0 Å². The molecule has 18 heavy (non-hydrogen) atoms. The van der Waals surface area contributed by atoms with Gasteiger partial charge in [0.25, 0.3) is 0 Å². The predicted molar refractivity (Wildman–Crippen MR) is 76.6 cm³/mol. The maximum Gasteiger partial charge on any atom is 0.174 e. The molecule has 0 amide bonds. The van der Waals surface area contributed by atoms with Crippen LogP contribution in [0, 0.1) is 20.8 Å². The zero-order valence-electron chi connectivity index (χ0n) is 11.7. The van der Waals surface area contributed by atoms with E-state index >= 15 is 0 Å². The summed E-state index contributed by atoms with van der Waals surface area (Å²) in [6, 6.07) is 0. The molecule has 0 aliphatic carbocycles. The van der Waals surface area contributed by atoms with Crippen LogP contribution in [0.1, 0.15) is 36.7 Å². The van der Waals surface area contributed by atoms with Gasteiger partial charge < -0.3 is 4.42 Å². The van der Waals surface area contributed by atoms with E-state index in [-0.39, 0.29) is 0 Å². The summed E-state index contributed by atoms with van der Waals surface area (Å²) < 4.78 is 5.67. The van der Waals surface area contributed by atoms with E-state index < -0.39 is 0 Å². The molecule has 0 saturated carbocycles. The van der Waals surface area contributed by atoms with Crippen LogP contribution in [0.4, 0.5) is 0 Å². The minimum atomic E-state index is 0.763. The zero-order chi connectivity index (χ0) is 13.7. The van der Waals surface area contributed by atoms with Gasteiger partial charge in [-0.15, -0.1) is 0 Å². The minimum Gasteiger partial charge on any atom is -0.457 e. The number of nitrogens with zero attached hydrogens (tertiary/aromatic N) is 2. The average molecular weight is 244 g/mol. The topological polar surface area (TPSA) is 38.9 Å². The smallest absolute Gasteiger partial charge is 0.174 e. The van der Waals surface area contributed by atoms with Crippen molar-refractivity contribution in [3.05, 3.63) is 41.6 Å². The van der Waals surface area contributed by atoms with Gasteiger partial charge in [-0.3, -0.25) is 0 Å². The van der Waals surface area contributed by atoms with Gasteiger partial charge in [0, 0.05) is 5.56 Å². The lowest BCUT2D eigenvalue weighted by Gasteiger charge is -1.96. The summed E-state index contributed by atoms with van der Waals surface area (Å²) in [4.78, 5) is 8.71. The van der Waals surface area contributed by atoms with Crippen molar-refractivity contribution < 1.29 is 4.42 Å². The predicted octanol–water partition coefficient (Wildman–Crippen LogP) is 4.37. The van der Waals surface area contributed by atoms with Crippen LogP contribution in [-0.4, -0.2) is 9.97 Å². The Morgan fingerprint density at radius 3 is 2.39 bits per heavy atom. The second kappa shape index (κ2) is 6.15. The van der Waals surface area contributed by atoms with Crippen LogP contribution < -0.4 is 0 Å². The fourth-order valence-corrected chi connectivity index (χ4v) is 1.74. The van der Waals surface area contributed by atoms with Gasteiger partial charge in [-0.05, 0) is 26.8 Å². The molecule has 0 aromatic carbocycles. The zero-order valence-corrected chi connectivity index (χ0v) is 11.7. The summed E-state index contributed by atoms with van der Waals surface area (Å²) in [7, 11) is 0. The van der Waals surface area contributed by atoms with Crippen molar-refractivity contribution >= 4 is 17.2 Å². The maximum absolute atomic E-state index is 5.67. The third-order valence-corrected chi connectivity index (χ3v) is 2.44. The van der Waals surface area contributed by atoms with E-state index in [4.69, 9.17) is 4.42 Å². The molecule has 0 unspecified atom stereocenters. The quantitative estimate of drug-likeness (QED) is 0.736.